The minimum absolute atomic E-state index is 0.0475. The van der Waals surface area contributed by atoms with Crippen LogP contribution >= 0.6 is 0 Å². The topological polar surface area (TPSA) is 29.1 Å². The van der Waals surface area contributed by atoms with Gasteiger partial charge >= 0.3 is 0 Å². The van der Waals surface area contributed by atoms with Gasteiger partial charge in [-0.3, -0.25) is 4.79 Å². The zero-order valence-corrected chi connectivity index (χ0v) is 6.27. The Morgan fingerprint density at radius 2 is 2.20 bits per heavy atom. The highest BCUT2D eigenvalue weighted by atomic mass is 16.1. The minimum Gasteiger partial charge on any atom is -0.323 e. The van der Waals surface area contributed by atoms with E-state index in [1.807, 2.05) is 13.8 Å². The third-order valence-corrected chi connectivity index (χ3v) is 1.53. The van der Waals surface area contributed by atoms with E-state index in [4.69, 9.17) is 0 Å². The fourth-order valence-electron chi connectivity index (χ4n) is 1.00. The van der Waals surface area contributed by atoms with Gasteiger partial charge < -0.3 is 5.32 Å². The van der Waals surface area contributed by atoms with Gasteiger partial charge in [-0.15, -0.1) is 0 Å². The highest BCUT2D eigenvalue weighted by molar-refractivity contribution is 5.94. The Hall–Kier alpha value is -1.05. The van der Waals surface area contributed by atoms with Crippen LogP contribution in [0.15, 0.2) is 23.9 Å². The molecule has 0 radical (unpaired) electrons. The molecule has 1 amide bonds. The summed E-state index contributed by atoms with van der Waals surface area (Å²) in [5.74, 6) is 0.333. The Morgan fingerprint density at radius 1 is 1.60 bits per heavy atom. The number of carbonyl (C=O) groups is 1. The number of nitrogens with one attached hydrogen (secondary N) is 1. The summed E-state index contributed by atoms with van der Waals surface area (Å²) in [6.45, 7) is 7.78. The third-order valence-electron chi connectivity index (χ3n) is 1.53. The van der Waals surface area contributed by atoms with Crippen LogP contribution in [0.2, 0.25) is 0 Å². The van der Waals surface area contributed by atoms with Gasteiger partial charge in [0.25, 0.3) is 0 Å². The van der Waals surface area contributed by atoms with Crippen molar-refractivity contribution in [3.63, 3.8) is 0 Å². The molecule has 0 saturated heterocycles. The molecule has 0 aromatic carbocycles. The maximum atomic E-state index is 10.7. The summed E-state index contributed by atoms with van der Waals surface area (Å²) in [6.07, 6.45) is 1.60. The Morgan fingerprint density at radius 3 is 2.40 bits per heavy atom. The maximum absolute atomic E-state index is 10.7. The predicted molar refractivity (Wildman–Crippen MR) is 40.2 cm³/mol. The van der Waals surface area contributed by atoms with Crippen molar-refractivity contribution in [3.05, 3.63) is 23.9 Å². The monoisotopic (exact) mass is 137 g/mol. The van der Waals surface area contributed by atoms with Crippen molar-refractivity contribution < 1.29 is 4.79 Å². The van der Waals surface area contributed by atoms with Gasteiger partial charge in [0, 0.05) is 11.8 Å². The third kappa shape index (κ3) is 1.10. The van der Waals surface area contributed by atoms with Crippen molar-refractivity contribution >= 4 is 5.91 Å². The first-order chi connectivity index (χ1) is 4.61. The largest absolute Gasteiger partial charge is 0.323 e. The Balaban J connectivity index is 2.85. The average Bonchev–Trinajstić information content (AvgIpc) is 2.10. The van der Waals surface area contributed by atoms with E-state index in [2.05, 4.69) is 11.9 Å². The van der Waals surface area contributed by atoms with Crippen LogP contribution in [0.1, 0.15) is 13.8 Å². The molecule has 0 aliphatic carbocycles. The van der Waals surface area contributed by atoms with Crippen LogP contribution in [0.3, 0.4) is 0 Å². The summed E-state index contributed by atoms with van der Waals surface area (Å²) >= 11 is 0. The van der Waals surface area contributed by atoms with Crippen molar-refractivity contribution in [1.29, 1.82) is 0 Å². The minimum atomic E-state index is -0.0475. The van der Waals surface area contributed by atoms with Gasteiger partial charge in [-0.2, -0.15) is 0 Å². The summed E-state index contributed by atoms with van der Waals surface area (Å²) in [4.78, 5) is 10.7. The molecular formula is C8H11NO. The zero-order valence-electron chi connectivity index (χ0n) is 6.27. The number of rotatable bonds is 1. The number of hydrogen-bond acceptors (Lipinski definition) is 1. The lowest BCUT2D eigenvalue weighted by Crippen LogP contribution is -2.13. The quantitative estimate of drug-likeness (QED) is 0.578. The molecule has 1 rings (SSSR count). The van der Waals surface area contributed by atoms with Crippen LogP contribution in [-0.4, -0.2) is 5.91 Å². The second-order valence-corrected chi connectivity index (χ2v) is 2.72. The highest BCUT2D eigenvalue weighted by Crippen LogP contribution is 2.19. The summed E-state index contributed by atoms with van der Waals surface area (Å²) in [7, 11) is 0. The molecule has 0 saturated carbocycles. The molecule has 0 fully saturated rings. The molecule has 0 bridgehead atoms. The molecule has 1 heterocycles. The summed E-state index contributed by atoms with van der Waals surface area (Å²) in [6, 6.07) is 0. The molecule has 2 nitrogen and oxygen atoms in total. The Kier molecular flexibility index (Phi) is 1.62. The fourth-order valence-corrected chi connectivity index (χ4v) is 1.00. The lowest BCUT2D eigenvalue weighted by atomic mass is 10.0. The van der Waals surface area contributed by atoms with E-state index in [0.29, 0.717) is 5.92 Å². The molecule has 0 atom stereocenters. The summed E-state index contributed by atoms with van der Waals surface area (Å²) < 4.78 is 0. The van der Waals surface area contributed by atoms with Gasteiger partial charge in [-0.1, -0.05) is 20.4 Å². The first-order valence-electron chi connectivity index (χ1n) is 3.33. The van der Waals surface area contributed by atoms with Crippen molar-refractivity contribution in [3.8, 4) is 0 Å². The normalized spacial score (nSPS) is 17.7. The van der Waals surface area contributed by atoms with E-state index < -0.39 is 0 Å². The van der Waals surface area contributed by atoms with Crippen LogP contribution in [0, 0.1) is 5.92 Å². The molecule has 0 aromatic heterocycles. The fraction of sp³-hybridized carbons (Fsp3) is 0.375. The van der Waals surface area contributed by atoms with Crippen molar-refractivity contribution in [2.45, 2.75) is 13.8 Å². The summed E-state index contributed by atoms with van der Waals surface area (Å²) in [5, 5.41) is 2.62. The van der Waals surface area contributed by atoms with Crippen molar-refractivity contribution in [1.82, 2.24) is 5.32 Å². The van der Waals surface area contributed by atoms with Gasteiger partial charge in [-0.25, -0.2) is 0 Å². The van der Waals surface area contributed by atoms with E-state index in [1.54, 1.807) is 6.08 Å². The van der Waals surface area contributed by atoms with Gasteiger partial charge in [0.1, 0.15) is 0 Å². The van der Waals surface area contributed by atoms with Crippen LogP contribution < -0.4 is 5.32 Å². The molecule has 10 heavy (non-hydrogen) atoms. The Labute approximate surface area is 60.6 Å². The average molecular weight is 137 g/mol. The molecule has 1 aliphatic heterocycles. The molecule has 1 N–H and O–H groups in total. The van der Waals surface area contributed by atoms with E-state index in [-0.39, 0.29) is 5.91 Å². The second-order valence-electron chi connectivity index (χ2n) is 2.72. The molecule has 54 valence electrons. The van der Waals surface area contributed by atoms with Crippen LogP contribution in [0.4, 0.5) is 0 Å². The van der Waals surface area contributed by atoms with Crippen molar-refractivity contribution in [2.75, 3.05) is 0 Å². The van der Waals surface area contributed by atoms with Crippen LogP contribution in [-0.2, 0) is 4.79 Å². The lowest BCUT2D eigenvalue weighted by Gasteiger charge is -2.05. The first kappa shape index (κ1) is 7.06. The first-order valence-corrected chi connectivity index (χ1v) is 3.33. The van der Waals surface area contributed by atoms with Crippen LogP contribution in [0.5, 0.6) is 0 Å². The van der Waals surface area contributed by atoms with Gasteiger partial charge in [0.2, 0.25) is 5.91 Å². The number of hydrogen-bond donors (Lipinski definition) is 1. The summed E-state index contributed by atoms with van der Waals surface area (Å²) in [5.41, 5.74) is 1.77. The molecule has 0 unspecified atom stereocenters. The van der Waals surface area contributed by atoms with E-state index in [0.717, 1.165) is 11.3 Å². The number of amides is 1. The van der Waals surface area contributed by atoms with Gasteiger partial charge in [-0.05, 0) is 11.5 Å². The van der Waals surface area contributed by atoms with Crippen molar-refractivity contribution in [2.24, 2.45) is 5.92 Å². The van der Waals surface area contributed by atoms with E-state index in [9.17, 15) is 4.79 Å². The highest BCUT2D eigenvalue weighted by Gasteiger charge is 2.16. The molecule has 0 spiro atoms. The molecule has 2 heteroatoms. The second kappa shape index (κ2) is 2.29. The van der Waals surface area contributed by atoms with E-state index >= 15 is 0 Å². The standard InChI is InChI=1S/C8H11NO/c1-5(2)7-4-8(10)9-6(7)3/h4-5H,3H2,1-2H3,(H,9,10). The zero-order chi connectivity index (χ0) is 7.72. The maximum Gasteiger partial charge on any atom is 0.248 e. The number of carbonyl (C=O) groups excluding carboxylic acids is 1. The van der Waals surface area contributed by atoms with Crippen LogP contribution in [0.25, 0.3) is 0 Å². The molecule has 1 aliphatic rings. The van der Waals surface area contributed by atoms with Gasteiger partial charge in [0.05, 0.1) is 0 Å². The van der Waals surface area contributed by atoms with Gasteiger partial charge in [0.15, 0.2) is 0 Å². The Bertz CT molecular complexity index is 213. The lowest BCUT2D eigenvalue weighted by molar-refractivity contribution is -0.115. The number of allylic oxidation sites excluding steroid dienone is 1. The SMILES string of the molecule is C=C1NC(=O)C=C1C(C)C. The smallest absolute Gasteiger partial charge is 0.248 e. The predicted octanol–water partition coefficient (Wildman–Crippen LogP) is 1.21. The molecular weight excluding hydrogens is 126 g/mol. The van der Waals surface area contributed by atoms with E-state index in [1.165, 1.54) is 0 Å². The molecule has 0 aromatic rings.